The zero-order valence-corrected chi connectivity index (χ0v) is 12.1. The first-order valence-corrected chi connectivity index (χ1v) is 7.34. The Balaban J connectivity index is 1.87. The number of hydrogen-bond donors (Lipinski definition) is 2. The van der Waals surface area contributed by atoms with Crippen molar-refractivity contribution < 1.29 is 5.11 Å². The maximum absolute atomic E-state index is 9.80. The number of aliphatic hydroxyl groups excluding tert-OH is 1. The highest BCUT2D eigenvalue weighted by Gasteiger charge is 2.23. The molecule has 1 saturated heterocycles. The highest BCUT2D eigenvalue weighted by molar-refractivity contribution is 5.69. The molecule has 3 aromatic rings. The monoisotopic (exact) mass is 295 g/mol. The topological polar surface area (TPSA) is 79.7 Å². The fourth-order valence-corrected chi connectivity index (χ4v) is 2.92. The van der Waals surface area contributed by atoms with Gasteiger partial charge in [-0.2, -0.15) is 9.61 Å². The number of anilines is 2. The van der Waals surface area contributed by atoms with Gasteiger partial charge in [0.25, 0.3) is 0 Å². The Hall–Kier alpha value is -2.60. The smallest absolute Gasteiger partial charge is 0.157 e. The molecule has 3 heterocycles. The van der Waals surface area contributed by atoms with Crippen LogP contribution in [-0.4, -0.2) is 38.9 Å². The summed E-state index contributed by atoms with van der Waals surface area (Å²) < 4.78 is 1.81. The number of fused-ring (bicyclic) bond motifs is 1. The van der Waals surface area contributed by atoms with E-state index in [1.54, 1.807) is 6.20 Å². The van der Waals surface area contributed by atoms with Gasteiger partial charge >= 0.3 is 0 Å². The number of hydrogen-bond acceptors (Lipinski definition) is 5. The van der Waals surface area contributed by atoms with Gasteiger partial charge in [-0.15, -0.1) is 0 Å². The molecule has 1 atom stereocenters. The van der Waals surface area contributed by atoms with Gasteiger partial charge in [-0.25, -0.2) is 4.98 Å². The Labute approximate surface area is 127 Å². The van der Waals surface area contributed by atoms with Crippen LogP contribution in [0.4, 0.5) is 11.5 Å². The minimum Gasteiger partial charge on any atom is -0.399 e. The molecule has 3 N–H and O–H groups in total. The second-order valence-corrected chi connectivity index (χ2v) is 5.61. The number of benzene rings is 1. The maximum atomic E-state index is 9.80. The number of nitrogens with two attached hydrogens (primary N) is 1. The summed E-state index contributed by atoms with van der Waals surface area (Å²) in [5, 5.41) is 14.1. The van der Waals surface area contributed by atoms with E-state index in [4.69, 9.17) is 5.73 Å². The quantitative estimate of drug-likeness (QED) is 0.701. The van der Waals surface area contributed by atoms with Gasteiger partial charge in [0.05, 0.1) is 18.0 Å². The molecule has 22 heavy (non-hydrogen) atoms. The fraction of sp³-hybridized carbons (Fsp3) is 0.250. The van der Waals surface area contributed by atoms with Gasteiger partial charge in [0, 0.05) is 36.5 Å². The zero-order chi connectivity index (χ0) is 15.1. The van der Waals surface area contributed by atoms with Crippen molar-refractivity contribution in [2.45, 2.75) is 12.5 Å². The molecule has 1 aliphatic rings. The summed E-state index contributed by atoms with van der Waals surface area (Å²) in [6, 6.07) is 11.6. The summed E-state index contributed by atoms with van der Waals surface area (Å²) in [6.07, 6.45) is 2.23. The number of aromatic nitrogens is 3. The molecule has 0 spiro atoms. The lowest BCUT2D eigenvalue weighted by atomic mass is 10.1. The van der Waals surface area contributed by atoms with Crippen LogP contribution in [-0.2, 0) is 0 Å². The van der Waals surface area contributed by atoms with Crippen LogP contribution < -0.4 is 10.6 Å². The molecular formula is C16H17N5O. The normalized spacial score (nSPS) is 18.2. The molecular weight excluding hydrogens is 278 g/mol. The van der Waals surface area contributed by atoms with Crippen molar-refractivity contribution in [1.82, 2.24) is 14.6 Å². The van der Waals surface area contributed by atoms with Crippen molar-refractivity contribution in [3.05, 3.63) is 42.6 Å². The van der Waals surface area contributed by atoms with Crippen LogP contribution in [0.3, 0.4) is 0 Å². The van der Waals surface area contributed by atoms with Crippen LogP contribution in [0.15, 0.2) is 42.6 Å². The predicted molar refractivity (Wildman–Crippen MR) is 85.7 cm³/mol. The molecule has 2 aromatic heterocycles. The Morgan fingerprint density at radius 3 is 2.91 bits per heavy atom. The molecule has 4 rings (SSSR count). The number of β-amino-alcohol motifs (C(OH)–C–C–N with tert-alkyl or cyclic N) is 1. The summed E-state index contributed by atoms with van der Waals surface area (Å²) in [5.41, 5.74) is 9.21. The van der Waals surface area contributed by atoms with Crippen molar-refractivity contribution in [1.29, 1.82) is 0 Å². The summed E-state index contributed by atoms with van der Waals surface area (Å²) in [4.78, 5) is 6.79. The molecule has 1 aliphatic heterocycles. The number of nitrogens with zero attached hydrogens (tertiary/aromatic N) is 4. The van der Waals surface area contributed by atoms with E-state index in [2.05, 4.69) is 15.0 Å². The van der Waals surface area contributed by atoms with Crippen LogP contribution in [0.25, 0.3) is 16.9 Å². The van der Waals surface area contributed by atoms with Crippen molar-refractivity contribution in [2.75, 3.05) is 23.7 Å². The molecule has 0 amide bonds. The zero-order valence-electron chi connectivity index (χ0n) is 12.1. The SMILES string of the molecule is Nc1cccc(-c2cc(N3CCC(O)C3)n3nccc3n2)c1. The molecule has 6 nitrogen and oxygen atoms in total. The van der Waals surface area contributed by atoms with Crippen LogP contribution in [0.5, 0.6) is 0 Å². The van der Waals surface area contributed by atoms with Crippen LogP contribution in [0, 0.1) is 0 Å². The van der Waals surface area contributed by atoms with Crippen LogP contribution >= 0.6 is 0 Å². The molecule has 0 bridgehead atoms. The second kappa shape index (κ2) is 4.99. The van der Waals surface area contributed by atoms with Crippen molar-refractivity contribution in [3.8, 4) is 11.3 Å². The van der Waals surface area contributed by atoms with E-state index >= 15 is 0 Å². The standard InChI is InChI=1S/C16H17N5O/c17-12-3-1-2-11(8-12)14-9-16(20-7-5-13(22)10-20)21-15(19-14)4-6-18-21/h1-4,6,8-9,13,22H,5,7,10,17H2. The second-order valence-electron chi connectivity index (χ2n) is 5.61. The van der Waals surface area contributed by atoms with Crippen molar-refractivity contribution >= 4 is 17.2 Å². The van der Waals surface area contributed by atoms with Crippen molar-refractivity contribution in [3.63, 3.8) is 0 Å². The summed E-state index contributed by atoms with van der Waals surface area (Å²) >= 11 is 0. The van der Waals surface area contributed by atoms with Crippen LogP contribution in [0.1, 0.15) is 6.42 Å². The van der Waals surface area contributed by atoms with Gasteiger partial charge in [-0.05, 0) is 18.6 Å². The van der Waals surface area contributed by atoms with E-state index in [-0.39, 0.29) is 6.10 Å². The Morgan fingerprint density at radius 2 is 2.14 bits per heavy atom. The minimum absolute atomic E-state index is 0.283. The van der Waals surface area contributed by atoms with E-state index < -0.39 is 0 Å². The first-order chi connectivity index (χ1) is 10.7. The fourth-order valence-electron chi connectivity index (χ4n) is 2.92. The van der Waals surface area contributed by atoms with Crippen molar-refractivity contribution in [2.24, 2.45) is 0 Å². The Kier molecular flexibility index (Phi) is 2.97. The molecule has 1 fully saturated rings. The lowest BCUT2D eigenvalue weighted by molar-refractivity contribution is 0.198. The third kappa shape index (κ3) is 2.17. The molecule has 6 heteroatoms. The van der Waals surface area contributed by atoms with E-state index in [1.165, 1.54) is 0 Å². The van der Waals surface area contributed by atoms with Gasteiger partial charge < -0.3 is 15.7 Å². The van der Waals surface area contributed by atoms with E-state index in [0.717, 1.165) is 35.7 Å². The Morgan fingerprint density at radius 1 is 1.23 bits per heavy atom. The Bertz CT molecular complexity index is 828. The van der Waals surface area contributed by atoms with Gasteiger partial charge in [0.1, 0.15) is 5.82 Å². The minimum atomic E-state index is -0.283. The first-order valence-electron chi connectivity index (χ1n) is 7.34. The van der Waals surface area contributed by atoms with Gasteiger partial charge in [-0.3, -0.25) is 0 Å². The predicted octanol–water partition coefficient (Wildman–Crippen LogP) is 1.55. The third-order valence-electron chi connectivity index (χ3n) is 4.01. The largest absolute Gasteiger partial charge is 0.399 e. The number of rotatable bonds is 2. The van der Waals surface area contributed by atoms with Gasteiger partial charge in [0.2, 0.25) is 0 Å². The summed E-state index contributed by atoms with van der Waals surface area (Å²) in [5.74, 6) is 0.948. The number of nitrogen functional groups attached to an aromatic ring is 1. The number of aliphatic hydroxyl groups is 1. The van der Waals surface area contributed by atoms with E-state index in [0.29, 0.717) is 12.2 Å². The average Bonchev–Trinajstić information content (AvgIpc) is 3.14. The molecule has 1 unspecified atom stereocenters. The van der Waals surface area contributed by atoms with Crippen LogP contribution in [0.2, 0.25) is 0 Å². The lowest BCUT2D eigenvalue weighted by Crippen LogP contribution is -2.24. The molecule has 1 aromatic carbocycles. The molecule has 0 radical (unpaired) electrons. The van der Waals surface area contributed by atoms with Gasteiger partial charge in [-0.1, -0.05) is 12.1 Å². The van der Waals surface area contributed by atoms with Gasteiger partial charge in [0.15, 0.2) is 5.65 Å². The highest BCUT2D eigenvalue weighted by Crippen LogP contribution is 2.27. The summed E-state index contributed by atoms with van der Waals surface area (Å²) in [6.45, 7) is 1.44. The maximum Gasteiger partial charge on any atom is 0.157 e. The van der Waals surface area contributed by atoms with E-state index in [9.17, 15) is 5.11 Å². The molecule has 0 saturated carbocycles. The molecule has 0 aliphatic carbocycles. The molecule has 112 valence electrons. The average molecular weight is 295 g/mol. The summed E-state index contributed by atoms with van der Waals surface area (Å²) in [7, 11) is 0. The van der Waals surface area contributed by atoms with E-state index in [1.807, 2.05) is 40.9 Å². The third-order valence-corrected chi connectivity index (χ3v) is 4.01. The lowest BCUT2D eigenvalue weighted by Gasteiger charge is -2.19. The first kappa shape index (κ1) is 13.1. The highest BCUT2D eigenvalue weighted by atomic mass is 16.3.